The Morgan fingerprint density at radius 2 is 2.00 bits per heavy atom. The lowest BCUT2D eigenvalue weighted by atomic mass is 10.0. The van der Waals surface area contributed by atoms with E-state index in [1.807, 2.05) is 18.2 Å². The second-order valence-corrected chi connectivity index (χ2v) is 6.53. The van der Waals surface area contributed by atoms with E-state index in [1.54, 1.807) is 0 Å². The van der Waals surface area contributed by atoms with Gasteiger partial charge in [0.25, 0.3) is 0 Å². The largest absolute Gasteiger partial charge is 0.324 e. The van der Waals surface area contributed by atoms with Crippen LogP contribution in [-0.4, -0.2) is 5.91 Å². The van der Waals surface area contributed by atoms with Crippen molar-refractivity contribution in [3.8, 4) is 0 Å². The SMILES string of the molecule is O=C1Nc2cc(Br)ccc2C1NC1CCc2ccccc21. The van der Waals surface area contributed by atoms with E-state index in [-0.39, 0.29) is 18.0 Å². The molecule has 1 aliphatic carbocycles. The molecule has 2 aromatic carbocycles. The van der Waals surface area contributed by atoms with Crippen molar-refractivity contribution in [2.75, 3.05) is 5.32 Å². The van der Waals surface area contributed by atoms with Crippen LogP contribution in [0.25, 0.3) is 0 Å². The summed E-state index contributed by atoms with van der Waals surface area (Å²) in [6.07, 6.45) is 2.13. The first kappa shape index (κ1) is 13.0. The average molecular weight is 343 g/mol. The van der Waals surface area contributed by atoms with E-state index in [0.717, 1.165) is 28.6 Å². The van der Waals surface area contributed by atoms with E-state index in [9.17, 15) is 4.79 Å². The maximum Gasteiger partial charge on any atom is 0.246 e. The van der Waals surface area contributed by atoms with Gasteiger partial charge in [-0.1, -0.05) is 46.3 Å². The molecule has 0 bridgehead atoms. The van der Waals surface area contributed by atoms with Crippen molar-refractivity contribution in [3.63, 3.8) is 0 Å². The summed E-state index contributed by atoms with van der Waals surface area (Å²) in [5.41, 5.74) is 4.66. The van der Waals surface area contributed by atoms with Gasteiger partial charge in [-0.2, -0.15) is 0 Å². The predicted molar refractivity (Wildman–Crippen MR) is 86.2 cm³/mol. The number of fused-ring (bicyclic) bond motifs is 2. The van der Waals surface area contributed by atoms with Gasteiger partial charge in [-0.15, -0.1) is 0 Å². The molecular formula is C17H15BrN2O. The second-order valence-electron chi connectivity index (χ2n) is 5.61. The zero-order valence-electron chi connectivity index (χ0n) is 11.4. The van der Waals surface area contributed by atoms with Crippen LogP contribution in [0.15, 0.2) is 46.9 Å². The lowest BCUT2D eigenvalue weighted by Crippen LogP contribution is -2.30. The molecule has 2 atom stereocenters. The molecular weight excluding hydrogens is 328 g/mol. The van der Waals surface area contributed by atoms with Crippen molar-refractivity contribution >= 4 is 27.5 Å². The Hall–Kier alpha value is -1.65. The highest BCUT2D eigenvalue weighted by molar-refractivity contribution is 9.10. The van der Waals surface area contributed by atoms with E-state index in [4.69, 9.17) is 0 Å². The third-order valence-electron chi connectivity index (χ3n) is 4.35. The van der Waals surface area contributed by atoms with Crippen molar-refractivity contribution < 1.29 is 4.79 Å². The Labute approximate surface area is 131 Å². The fourth-order valence-electron chi connectivity index (χ4n) is 3.33. The highest BCUT2D eigenvalue weighted by Crippen LogP contribution is 2.37. The first-order valence-corrected chi connectivity index (χ1v) is 7.96. The van der Waals surface area contributed by atoms with Gasteiger partial charge in [0.05, 0.1) is 0 Å². The fourth-order valence-corrected chi connectivity index (χ4v) is 3.69. The minimum Gasteiger partial charge on any atom is -0.324 e. The zero-order chi connectivity index (χ0) is 14.4. The number of nitrogens with one attached hydrogen (secondary N) is 2. The molecule has 1 aliphatic heterocycles. The summed E-state index contributed by atoms with van der Waals surface area (Å²) in [4.78, 5) is 12.3. The Balaban J connectivity index is 1.63. The van der Waals surface area contributed by atoms with Crippen LogP contribution in [-0.2, 0) is 11.2 Å². The Bertz CT molecular complexity index is 728. The molecule has 2 N–H and O–H groups in total. The topological polar surface area (TPSA) is 41.1 Å². The first-order chi connectivity index (χ1) is 10.2. The van der Waals surface area contributed by atoms with Crippen molar-refractivity contribution in [1.82, 2.24) is 5.32 Å². The van der Waals surface area contributed by atoms with Crippen molar-refractivity contribution in [2.45, 2.75) is 24.9 Å². The molecule has 3 nitrogen and oxygen atoms in total. The molecule has 0 aromatic heterocycles. The van der Waals surface area contributed by atoms with Crippen LogP contribution >= 0.6 is 15.9 Å². The third-order valence-corrected chi connectivity index (χ3v) is 4.84. The Morgan fingerprint density at radius 1 is 1.14 bits per heavy atom. The van der Waals surface area contributed by atoms with Crippen LogP contribution < -0.4 is 10.6 Å². The summed E-state index contributed by atoms with van der Waals surface area (Å²) >= 11 is 3.44. The molecule has 0 fully saturated rings. The van der Waals surface area contributed by atoms with Gasteiger partial charge in [0.1, 0.15) is 6.04 Å². The summed E-state index contributed by atoms with van der Waals surface area (Å²) in [5, 5.41) is 6.49. The van der Waals surface area contributed by atoms with Crippen LogP contribution in [0, 0.1) is 0 Å². The number of anilines is 1. The fraction of sp³-hybridized carbons (Fsp3) is 0.235. The maximum atomic E-state index is 12.3. The number of carbonyl (C=O) groups excluding carboxylic acids is 1. The van der Waals surface area contributed by atoms with Crippen LogP contribution in [0.5, 0.6) is 0 Å². The quantitative estimate of drug-likeness (QED) is 0.873. The molecule has 1 heterocycles. The average Bonchev–Trinajstić information content (AvgIpc) is 3.01. The molecule has 4 rings (SSSR count). The summed E-state index contributed by atoms with van der Waals surface area (Å²) in [6, 6.07) is 14.4. The predicted octanol–water partition coefficient (Wildman–Crippen LogP) is 3.72. The lowest BCUT2D eigenvalue weighted by Gasteiger charge is -2.19. The molecule has 0 saturated carbocycles. The van der Waals surface area contributed by atoms with Crippen molar-refractivity contribution in [2.24, 2.45) is 0 Å². The normalized spacial score (nSPS) is 22.8. The minimum atomic E-state index is -0.260. The summed E-state index contributed by atoms with van der Waals surface area (Å²) < 4.78 is 0.980. The van der Waals surface area contributed by atoms with Crippen LogP contribution in [0.3, 0.4) is 0 Å². The van der Waals surface area contributed by atoms with Gasteiger partial charge in [0, 0.05) is 21.8 Å². The number of hydrogen-bond acceptors (Lipinski definition) is 2. The molecule has 4 heteroatoms. The second kappa shape index (κ2) is 4.97. The molecule has 2 aromatic rings. The molecule has 0 saturated heterocycles. The van der Waals surface area contributed by atoms with Crippen molar-refractivity contribution in [3.05, 3.63) is 63.6 Å². The highest BCUT2D eigenvalue weighted by Gasteiger charge is 2.34. The van der Waals surface area contributed by atoms with E-state index in [2.05, 4.69) is 50.8 Å². The van der Waals surface area contributed by atoms with Gasteiger partial charge >= 0.3 is 0 Å². The molecule has 2 aliphatic rings. The Kier molecular flexibility index (Phi) is 3.08. The van der Waals surface area contributed by atoms with E-state index in [1.165, 1.54) is 11.1 Å². The number of benzene rings is 2. The maximum absolute atomic E-state index is 12.3. The number of rotatable bonds is 2. The summed E-state index contributed by atoms with van der Waals surface area (Å²) in [6.45, 7) is 0. The molecule has 0 radical (unpaired) electrons. The van der Waals surface area contributed by atoms with E-state index < -0.39 is 0 Å². The van der Waals surface area contributed by atoms with Gasteiger partial charge in [-0.25, -0.2) is 0 Å². The van der Waals surface area contributed by atoms with E-state index >= 15 is 0 Å². The molecule has 1 amide bonds. The van der Waals surface area contributed by atoms with Gasteiger partial charge < -0.3 is 5.32 Å². The summed E-state index contributed by atoms with van der Waals surface area (Å²) in [5.74, 6) is 0.0347. The molecule has 0 spiro atoms. The Morgan fingerprint density at radius 3 is 2.90 bits per heavy atom. The van der Waals surface area contributed by atoms with Gasteiger partial charge in [0.15, 0.2) is 0 Å². The van der Waals surface area contributed by atoms with Gasteiger partial charge in [-0.05, 0) is 36.1 Å². The van der Waals surface area contributed by atoms with Gasteiger partial charge in [0.2, 0.25) is 5.91 Å². The van der Waals surface area contributed by atoms with Gasteiger partial charge in [-0.3, -0.25) is 10.1 Å². The number of amides is 1. The monoisotopic (exact) mass is 342 g/mol. The van der Waals surface area contributed by atoms with E-state index in [0.29, 0.717) is 0 Å². The van der Waals surface area contributed by atoms with Crippen molar-refractivity contribution in [1.29, 1.82) is 0 Å². The highest BCUT2D eigenvalue weighted by atomic mass is 79.9. The first-order valence-electron chi connectivity index (χ1n) is 7.16. The smallest absolute Gasteiger partial charge is 0.246 e. The lowest BCUT2D eigenvalue weighted by molar-refractivity contribution is -0.117. The number of hydrogen-bond donors (Lipinski definition) is 2. The van der Waals surface area contributed by atoms with Crippen LogP contribution in [0.2, 0.25) is 0 Å². The molecule has 21 heavy (non-hydrogen) atoms. The standard InChI is InChI=1S/C17H15BrN2O/c18-11-6-7-13-15(9-11)20-17(21)16(13)19-14-8-5-10-3-1-2-4-12(10)14/h1-4,6-7,9,14,16,19H,5,8H2,(H,20,21). The number of halogens is 1. The molecule has 2 unspecified atom stereocenters. The molecule has 106 valence electrons. The van der Waals surface area contributed by atoms with Crippen LogP contribution in [0.4, 0.5) is 5.69 Å². The summed E-state index contributed by atoms with van der Waals surface area (Å²) in [7, 11) is 0. The minimum absolute atomic E-state index is 0.0347. The third kappa shape index (κ3) is 2.19. The number of carbonyl (C=O) groups is 1. The zero-order valence-corrected chi connectivity index (χ0v) is 13.0. The number of aryl methyl sites for hydroxylation is 1. The van der Waals surface area contributed by atoms with Crippen LogP contribution in [0.1, 0.15) is 35.2 Å².